The first-order valence-corrected chi connectivity index (χ1v) is 3.11. The molecule has 0 radical (unpaired) electrons. The highest BCUT2D eigenvalue weighted by molar-refractivity contribution is 5.85. The number of carboxylic acids is 1. The van der Waals surface area contributed by atoms with E-state index in [0.717, 1.165) is 6.42 Å². The smallest absolute Gasteiger partial charge is 0.306 e. The SMILES string of the molecule is CC(CCCN)C(=O)O.Cl. The minimum absolute atomic E-state index is 0. The van der Waals surface area contributed by atoms with Crippen LogP contribution in [-0.4, -0.2) is 17.6 Å². The quantitative estimate of drug-likeness (QED) is 0.653. The van der Waals surface area contributed by atoms with Crippen LogP contribution in [0.25, 0.3) is 0 Å². The first-order valence-electron chi connectivity index (χ1n) is 3.11. The number of carbonyl (C=O) groups is 1. The molecule has 0 bridgehead atoms. The molecule has 3 N–H and O–H groups in total. The maximum absolute atomic E-state index is 10.2. The van der Waals surface area contributed by atoms with Gasteiger partial charge in [-0.15, -0.1) is 12.4 Å². The van der Waals surface area contributed by atoms with Crippen LogP contribution < -0.4 is 5.73 Å². The molecule has 4 heteroatoms. The molecule has 0 aliphatic rings. The molecule has 0 aromatic rings. The van der Waals surface area contributed by atoms with Gasteiger partial charge in [-0.05, 0) is 19.4 Å². The van der Waals surface area contributed by atoms with Crippen molar-refractivity contribution in [2.24, 2.45) is 11.7 Å². The maximum atomic E-state index is 10.2. The Labute approximate surface area is 67.0 Å². The van der Waals surface area contributed by atoms with Gasteiger partial charge in [0.15, 0.2) is 0 Å². The number of hydrogen-bond acceptors (Lipinski definition) is 2. The molecule has 10 heavy (non-hydrogen) atoms. The summed E-state index contributed by atoms with van der Waals surface area (Å²) in [6.45, 7) is 2.27. The minimum Gasteiger partial charge on any atom is -0.481 e. The van der Waals surface area contributed by atoms with Crippen molar-refractivity contribution in [2.75, 3.05) is 6.54 Å². The van der Waals surface area contributed by atoms with Gasteiger partial charge in [-0.2, -0.15) is 0 Å². The molecule has 0 aromatic carbocycles. The monoisotopic (exact) mass is 167 g/mol. The Kier molecular flexibility index (Phi) is 8.48. The van der Waals surface area contributed by atoms with Crippen LogP contribution in [0, 0.1) is 5.92 Å². The molecule has 0 fully saturated rings. The van der Waals surface area contributed by atoms with E-state index in [2.05, 4.69) is 0 Å². The molecule has 0 saturated heterocycles. The first kappa shape index (κ1) is 12.4. The Balaban J connectivity index is 0. The lowest BCUT2D eigenvalue weighted by Crippen LogP contribution is -2.11. The van der Waals surface area contributed by atoms with E-state index in [-0.39, 0.29) is 18.3 Å². The van der Waals surface area contributed by atoms with Gasteiger partial charge in [-0.1, -0.05) is 6.92 Å². The standard InChI is InChI=1S/C6H13NO2.ClH/c1-5(6(8)9)3-2-4-7;/h5H,2-4,7H2,1H3,(H,8,9);1H. The molecule has 0 aliphatic carbocycles. The summed E-state index contributed by atoms with van der Waals surface area (Å²) in [6.07, 6.45) is 1.49. The summed E-state index contributed by atoms with van der Waals surface area (Å²) in [5.74, 6) is -0.975. The Morgan fingerprint density at radius 2 is 2.20 bits per heavy atom. The number of hydrogen-bond donors (Lipinski definition) is 2. The second kappa shape index (κ2) is 6.83. The molecule has 0 rings (SSSR count). The number of carboxylic acid groups (broad SMARTS) is 1. The zero-order chi connectivity index (χ0) is 7.28. The predicted octanol–water partition coefficient (Wildman–Crippen LogP) is 0.868. The highest BCUT2D eigenvalue weighted by Gasteiger charge is 2.08. The average molecular weight is 168 g/mol. The second-order valence-electron chi connectivity index (χ2n) is 2.17. The van der Waals surface area contributed by atoms with Crippen molar-refractivity contribution >= 4 is 18.4 Å². The normalized spacial score (nSPS) is 11.8. The topological polar surface area (TPSA) is 63.3 Å². The van der Waals surface area contributed by atoms with Gasteiger partial charge in [0, 0.05) is 0 Å². The van der Waals surface area contributed by atoms with E-state index in [1.54, 1.807) is 6.92 Å². The zero-order valence-electron chi connectivity index (χ0n) is 6.04. The second-order valence-corrected chi connectivity index (χ2v) is 2.17. The number of aliphatic carboxylic acids is 1. The van der Waals surface area contributed by atoms with Crippen LogP contribution in [0.15, 0.2) is 0 Å². The van der Waals surface area contributed by atoms with Crippen molar-refractivity contribution in [3.05, 3.63) is 0 Å². The van der Waals surface area contributed by atoms with Gasteiger partial charge in [0.05, 0.1) is 5.92 Å². The lowest BCUT2D eigenvalue weighted by Gasteiger charge is -2.02. The summed E-state index contributed by atoms with van der Waals surface area (Å²) in [5, 5.41) is 8.37. The molecule has 0 aliphatic heterocycles. The minimum atomic E-state index is -0.733. The molecule has 1 atom stereocenters. The van der Waals surface area contributed by atoms with Crippen LogP contribution >= 0.6 is 12.4 Å². The highest BCUT2D eigenvalue weighted by atomic mass is 35.5. The van der Waals surface area contributed by atoms with Gasteiger partial charge in [-0.25, -0.2) is 0 Å². The van der Waals surface area contributed by atoms with Gasteiger partial charge >= 0.3 is 5.97 Å². The van der Waals surface area contributed by atoms with E-state index in [1.807, 2.05) is 0 Å². The summed E-state index contributed by atoms with van der Waals surface area (Å²) in [5.41, 5.74) is 5.18. The van der Waals surface area contributed by atoms with Crippen LogP contribution in [0.5, 0.6) is 0 Å². The van der Waals surface area contributed by atoms with Crippen LogP contribution in [0.3, 0.4) is 0 Å². The van der Waals surface area contributed by atoms with Crippen molar-refractivity contribution < 1.29 is 9.90 Å². The third-order valence-corrected chi connectivity index (χ3v) is 1.26. The summed E-state index contributed by atoms with van der Waals surface area (Å²) >= 11 is 0. The Bertz CT molecular complexity index is 97.7. The van der Waals surface area contributed by atoms with Crippen LogP contribution in [-0.2, 0) is 4.79 Å². The third kappa shape index (κ3) is 5.85. The van der Waals surface area contributed by atoms with Crippen molar-refractivity contribution in [2.45, 2.75) is 19.8 Å². The Hall–Kier alpha value is -0.280. The Morgan fingerprint density at radius 3 is 2.50 bits per heavy atom. The van der Waals surface area contributed by atoms with Gasteiger partial charge in [0.2, 0.25) is 0 Å². The molecule has 0 heterocycles. The predicted molar refractivity (Wildman–Crippen MR) is 42.3 cm³/mol. The zero-order valence-corrected chi connectivity index (χ0v) is 6.86. The van der Waals surface area contributed by atoms with Crippen molar-refractivity contribution in [3.8, 4) is 0 Å². The highest BCUT2D eigenvalue weighted by Crippen LogP contribution is 2.03. The fourth-order valence-electron chi connectivity index (χ4n) is 0.548. The van der Waals surface area contributed by atoms with Gasteiger partial charge in [0.1, 0.15) is 0 Å². The van der Waals surface area contributed by atoms with E-state index in [9.17, 15) is 4.79 Å². The van der Waals surface area contributed by atoms with Crippen LogP contribution in [0.4, 0.5) is 0 Å². The van der Waals surface area contributed by atoms with Crippen LogP contribution in [0.1, 0.15) is 19.8 Å². The molecular formula is C6H14ClNO2. The molecule has 3 nitrogen and oxygen atoms in total. The van der Waals surface area contributed by atoms with E-state index in [4.69, 9.17) is 10.8 Å². The third-order valence-electron chi connectivity index (χ3n) is 1.26. The van der Waals surface area contributed by atoms with E-state index in [0.29, 0.717) is 13.0 Å². The van der Waals surface area contributed by atoms with Crippen molar-refractivity contribution in [1.29, 1.82) is 0 Å². The lowest BCUT2D eigenvalue weighted by molar-refractivity contribution is -0.141. The van der Waals surface area contributed by atoms with Crippen LogP contribution in [0.2, 0.25) is 0 Å². The Morgan fingerprint density at radius 1 is 1.70 bits per heavy atom. The molecular weight excluding hydrogens is 154 g/mol. The summed E-state index contributed by atoms with van der Waals surface area (Å²) in [7, 11) is 0. The fraction of sp³-hybridized carbons (Fsp3) is 0.833. The summed E-state index contributed by atoms with van der Waals surface area (Å²) in [6, 6.07) is 0. The summed E-state index contributed by atoms with van der Waals surface area (Å²) in [4.78, 5) is 10.2. The molecule has 0 amide bonds. The maximum Gasteiger partial charge on any atom is 0.306 e. The largest absolute Gasteiger partial charge is 0.481 e. The first-order chi connectivity index (χ1) is 4.18. The van der Waals surface area contributed by atoms with Crippen molar-refractivity contribution in [3.63, 3.8) is 0 Å². The van der Waals surface area contributed by atoms with Gasteiger partial charge in [-0.3, -0.25) is 4.79 Å². The molecule has 0 spiro atoms. The molecule has 0 aromatic heterocycles. The van der Waals surface area contributed by atoms with E-state index < -0.39 is 5.97 Å². The van der Waals surface area contributed by atoms with Gasteiger partial charge in [0.25, 0.3) is 0 Å². The molecule has 1 unspecified atom stereocenters. The fourth-order valence-corrected chi connectivity index (χ4v) is 0.548. The lowest BCUT2D eigenvalue weighted by atomic mass is 10.1. The van der Waals surface area contributed by atoms with E-state index in [1.165, 1.54) is 0 Å². The van der Waals surface area contributed by atoms with Gasteiger partial charge < -0.3 is 10.8 Å². The molecule has 0 saturated carbocycles. The van der Waals surface area contributed by atoms with E-state index >= 15 is 0 Å². The molecule has 62 valence electrons. The summed E-state index contributed by atoms with van der Waals surface area (Å²) < 4.78 is 0. The average Bonchev–Trinajstić information content (AvgIpc) is 1.82. The number of nitrogens with two attached hydrogens (primary N) is 1. The van der Waals surface area contributed by atoms with Crippen molar-refractivity contribution in [1.82, 2.24) is 0 Å². The number of rotatable bonds is 4. The number of halogens is 1.